The van der Waals surface area contributed by atoms with E-state index in [0.29, 0.717) is 5.76 Å². The zero-order valence-corrected chi connectivity index (χ0v) is 12.9. The highest BCUT2D eigenvalue weighted by Gasteiger charge is 2.12. The monoisotopic (exact) mass is 309 g/mol. The summed E-state index contributed by atoms with van der Waals surface area (Å²) in [6.07, 6.45) is 8.39. The van der Waals surface area contributed by atoms with Gasteiger partial charge >= 0.3 is 0 Å². The summed E-state index contributed by atoms with van der Waals surface area (Å²) in [7, 11) is 0. The van der Waals surface area contributed by atoms with Gasteiger partial charge in [-0.15, -0.1) is 0 Å². The van der Waals surface area contributed by atoms with Crippen LogP contribution in [0.3, 0.4) is 0 Å². The Morgan fingerprint density at radius 1 is 1.04 bits per heavy atom. The van der Waals surface area contributed by atoms with Gasteiger partial charge in [-0.2, -0.15) is 0 Å². The van der Waals surface area contributed by atoms with Crippen molar-refractivity contribution in [2.24, 2.45) is 5.16 Å². The molecule has 2 aromatic rings. The van der Waals surface area contributed by atoms with Crippen molar-refractivity contribution in [3.63, 3.8) is 0 Å². The third kappa shape index (κ3) is 4.19. The Hall–Kier alpha value is -2.62. The van der Waals surface area contributed by atoms with E-state index in [1.165, 1.54) is 18.8 Å². The van der Waals surface area contributed by atoms with Crippen molar-refractivity contribution in [1.29, 1.82) is 0 Å². The van der Waals surface area contributed by atoms with Crippen LogP contribution < -0.4 is 0 Å². The smallest absolute Gasteiger partial charge is 0.224 e. The average Bonchev–Trinajstić information content (AvgIpc) is 3.15. The fourth-order valence-electron chi connectivity index (χ4n) is 2.54. The Kier molecular flexibility index (Phi) is 5.04. The van der Waals surface area contributed by atoms with Crippen molar-refractivity contribution in [3.8, 4) is 0 Å². The van der Waals surface area contributed by atoms with Gasteiger partial charge in [0.1, 0.15) is 0 Å². The highest BCUT2D eigenvalue weighted by molar-refractivity contribution is 6.06. The molecule has 0 unspecified atom stereocenters. The van der Waals surface area contributed by atoms with Crippen LogP contribution in [0, 0.1) is 0 Å². The summed E-state index contributed by atoms with van der Waals surface area (Å²) < 4.78 is 5.14. The van der Waals surface area contributed by atoms with Gasteiger partial charge < -0.3 is 9.25 Å². The number of oxime groups is 1. The first kappa shape index (κ1) is 15.3. The van der Waals surface area contributed by atoms with Gasteiger partial charge in [0.25, 0.3) is 0 Å². The Balaban J connectivity index is 1.83. The van der Waals surface area contributed by atoms with Gasteiger partial charge in [0.15, 0.2) is 11.5 Å². The molecule has 0 saturated heterocycles. The van der Waals surface area contributed by atoms with Crippen molar-refractivity contribution in [1.82, 2.24) is 0 Å². The standard InChI is InChI=1S/C19H19NO3/c21-17(18-12-7-13-22-18)14-19(15-8-3-1-4-9-15)23-20-16-10-5-2-6-11-16/h1,3-4,7-9,12-14H,2,5-6,10-11H2/b19-14-. The Labute approximate surface area is 135 Å². The zero-order valence-electron chi connectivity index (χ0n) is 12.9. The molecule has 3 rings (SSSR count). The second-order valence-electron chi connectivity index (χ2n) is 5.53. The van der Waals surface area contributed by atoms with Gasteiger partial charge in [-0.05, 0) is 37.8 Å². The molecule has 1 fully saturated rings. The molecule has 23 heavy (non-hydrogen) atoms. The Morgan fingerprint density at radius 3 is 2.52 bits per heavy atom. The zero-order chi connectivity index (χ0) is 15.9. The van der Waals surface area contributed by atoms with E-state index in [1.54, 1.807) is 12.1 Å². The van der Waals surface area contributed by atoms with Crippen molar-refractivity contribution in [2.45, 2.75) is 32.1 Å². The molecule has 1 aromatic heterocycles. The van der Waals surface area contributed by atoms with Gasteiger partial charge in [-0.25, -0.2) is 0 Å². The molecule has 4 heteroatoms. The predicted octanol–water partition coefficient (Wildman–Crippen LogP) is 4.84. The molecule has 0 aliphatic heterocycles. The highest BCUT2D eigenvalue weighted by atomic mass is 16.6. The van der Waals surface area contributed by atoms with E-state index in [1.807, 2.05) is 30.3 Å². The molecule has 0 spiro atoms. The van der Waals surface area contributed by atoms with Crippen molar-refractivity contribution in [2.75, 3.05) is 0 Å². The first-order valence-corrected chi connectivity index (χ1v) is 7.90. The molecule has 118 valence electrons. The highest BCUT2D eigenvalue weighted by Crippen LogP contribution is 2.20. The van der Waals surface area contributed by atoms with Crippen LogP contribution in [-0.2, 0) is 4.84 Å². The van der Waals surface area contributed by atoms with E-state index in [0.717, 1.165) is 37.0 Å². The number of rotatable bonds is 5. The number of carbonyl (C=O) groups is 1. The van der Waals surface area contributed by atoms with Gasteiger partial charge in [-0.3, -0.25) is 4.79 Å². The minimum Gasteiger partial charge on any atom is -0.461 e. The molecule has 0 N–H and O–H groups in total. The fraction of sp³-hybridized carbons (Fsp3) is 0.263. The lowest BCUT2D eigenvalue weighted by molar-refractivity contribution is 0.101. The molecule has 1 aliphatic rings. The molecule has 0 atom stereocenters. The topological polar surface area (TPSA) is 51.8 Å². The molecule has 4 nitrogen and oxygen atoms in total. The third-order valence-electron chi connectivity index (χ3n) is 3.79. The summed E-state index contributed by atoms with van der Waals surface area (Å²) in [5.41, 5.74) is 1.87. The number of nitrogens with zero attached hydrogens (tertiary/aromatic N) is 1. The number of benzene rings is 1. The van der Waals surface area contributed by atoms with Crippen LogP contribution in [0.25, 0.3) is 5.76 Å². The van der Waals surface area contributed by atoms with E-state index in [-0.39, 0.29) is 11.5 Å². The summed E-state index contributed by atoms with van der Waals surface area (Å²) in [5, 5.41) is 4.26. The van der Waals surface area contributed by atoms with Gasteiger partial charge in [0.2, 0.25) is 5.78 Å². The van der Waals surface area contributed by atoms with E-state index >= 15 is 0 Å². The number of furan rings is 1. The van der Waals surface area contributed by atoms with E-state index in [4.69, 9.17) is 9.25 Å². The number of hydrogen-bond donors (Lipinski definition) is 0. The van der Waals surface area contributed by atoms with E-state index < -0.39 is 0 Å². The number of carbonyl (C=O) groups excluding carboxylic acids is 1. The first-order valence-electron chi connectivity index (χ1n) is 7.90. The lowest BCUT2D eigenvalue weighted by atomic mass is 9.99. The average molecular weight is 309 g/mol. The molecule has 0 amide bonds. The van der Waals surface area contributed by atoms with Crippen LogP contribution in [0.5, 0.6) is 0 Å². The fourth-order valence-corrected chi connectivity index (χ4v) is 2.54. The summed E-state index contributed by atoms with van der Waals surface area (Å²) in [4.78, 5) is 17.9. The first-order chi connectivity index (χ1) is 11.3. The third-order valence-corrected chi connectivity index (χ3v) is 3.79. The lowest BCUT2D eigenvalue weighted by Crippen LogP contribution is -2.05. The van der Waals surface area contributed by atoms with Crippen molar-refractivity contribution >= 4 is 17.3 Å². The SMILES string of the molecule is O=C(/C=C(\ON=C1CCCCC1)c1ccccc1)c1ccco1. The Morgan fingerprint density at radius 2 is 1.83 bits per heavy atom. The second kappa shape index (κ2) is 7.58. The molecule has 0 bridgehead atoms. The maximum absolute atomic E-state index is 12.2. The molecular weight excluding hydrogens is 290 g/mol. The minimum absolute atomic E-state index is 0.238. The van der Waals surface area contributed by atoms with Gasteiger partial charge in [0.05, 0.1) is 12.0 Å². The minimum atomic E-state index is -0.238. The summed E-state index contributed by atoms with van der Waals surface area (Å²) >= 11 is 0. The van der Waals surface area contributed by atoms with Crippen LogP contribution in [-0.4, -0.2) is 11.5 Å². The van der Waals surface area contributed by atoms with Gasteiger partial charge in [0, 0.05) is 11.6 Å². The van der Waals surface area contributed by atoms with Crippen LogP contribution in [0.15, 0.2) is 64.4 Å². The quantitative estimate of drug-likeness (QED) is 0.344. The van der Waals surface area contributed by atoms with Crippen molar-refractivity contribution in [3.05, 3.63) is 66.1 Å². The maximum atomic E-state index is 12.2. The molecule has 1 aromatic carbocycles. The molecular formula is C19H19NO3. The predicted molar refractivity (Wildman–Crippen MR) is 89.1 cm³/mol. The molecule has 1 saturated carbocycles. The lowest BCUT2D eigenvalue weighted by Gasteiger charge is -2.12. The van der Waals surface area contributed by atoms with Crippen LogP contribution in [0.4, 0.5) is 0 Å². The second-order valence-corrected chi connectivity index (χ2v) is 5.53. The van der Waals surface area contributed by atoms with Gasteiger partial charge in [-0.1, -0.05) is 41.9 Å². The summed E-state index contributed by atoms with van der Waals surface area (Å²) in [6.45, 7) is 0. The maximum Gasteiger partial charge on any atom is 0.224 e. The summed E-state index contributed by atoms with van der Waals surface area (Å²) in [6, 6.07) is 12.8. The number of allylic oxidation sites excluding steroid dienone is 1. The van der Waals surface area contributed by atoms with E-state index in [9.17, 15) is 4.79 Å². The number of hydrogen-bond acceptors (Lipinski definition) is 4. The number of ketones is 1. The van der Waals surface area contributed by atoms with E-state index in [2.05, 4.69) is 5.16 Å². The largest absolute Gasteiger partial charge is 0.461 e. The molecule has 1 heterocycles. The molecule has 1 aliphatic carbocycles. The van der Waals surface area contributed by atoms with Crippen LogP contribution in [0.1, 0.15) is 48.2 Å². The van der Waals surface area contributed by atoms with Crippen molar-refractivity contribution < 1.29 is 14.0 Å². The van der Waals surface area contributed by atoms with Crippen LogP contribution in [0.2, 0.25) is 0 Å². The Bertz CT molecular complexity index is 691. The van der Waals surface area contributed by atoms with Crippen LogP contribution >= 0.6 is 0 Å². The molecule has 0 radical (unpaired) electrons. The normalized spacial score (nSPS) is 15.3. The summed E-state index contributed by atoms with van der Waals surface area (Å²) in [5.74, 6) is 0.482.